The number of H-pyrrole nitrogens is 1. The van der Waals surface area contributed by atoms with Gasteiger partial charge in [-0.1, -0.05) is 50.6 Å². The second-order valence-electron chi connectivity index (χ2n) is 15.2. The van der Waals surface area contributed by atoms with Crippen molar-refractivity contribution in [3.05, 3.63) is 98.2 Å². The Labute approximate surface area is 299 Å². The molecule has 270 valence electrons. The zero-order valence-electron chi connectivity index (χ0n) is 29.6. The van der Waals surface area contributed by atoms with Gasteiger partial charge in [-0.25, -0.2) is 19.4 Å². The average molecular weight is 707 g/mol. The summed E-state index contributed by atoms with van der Waals surface area (Å²) < 4.78 is 14.9. The number of aryl methyl sites for hydroxylation is 1. The largest absolute Gasteiger partial charge is 0.484 e. The lowest BCUT2D eigenvalue weighted by Gasteiger charge is -2.53. The molecule has 3 N–H and O–H groups in total. The van der Waals surface area contributed by atoms with E-state index in [9.17, 15) is 19.5 Å². The summed E-state index contributed by atoms with van der Waals surface area (Å²) in [4.78, 5) is 49.9. The van der Waals surface area contributed by atoms with E-state index in [0.717, 1.165) is 47.2 Å². The fourth-order valence-electron chi connectivity index (χ4n) is 8.82. The molecule has 1 amide bonds. The number of fused-ring (bicyclic) bond motifs is 7. The summed E-state index contributed by atoms with van der Waals surface area (Å²) in [5.41, 5.74) is 5.64. The maximum Gasteiger partial charge on any atom is 0.330 e. The zero-order chi connectivity index (χ0) is 36.4. The highest BCUT2D eigenvalue weighted by Crippen LogP contribution is 2.62. The molecule has 2 fully saturated rings. The van der Waals surface area contributed by atoms with Gasteiger partial charge in [0, 0.05) is 35.1 Å². The van der Waals surface area contributed by atoms with E-state index in [1.807, 2.05) is 36.4 Å². The molecule has 14 nitrogen and oxygen atoms in total. The summed E-state index contributed by atoms with van der Waals surface area (Å²) in [5.74, 6) is 0.455. The summed E-state index contributed by atoms with van der Waals surface area (Å²) in [7, 11) is 0. The third-order valence-corrected chi connectivity index (χ3v) is 11.2. The summed E-state index contributed by atoms with van der Waals surface area (Å²) >= 11 is 0. The van der Waals surface area contributed by atoms with E-state index in [-0.39, 0.29) is 42.4 Å². The smallest absolute Gasteiger partial charge is 0.330 e. The molecule has 2 aliphatic carbocycles. The second kappa shape index (κ2) is 12.8. The molecular weight excluding hydrogens is 664 g/mol. The first kappa shape index (κ1) is 33.9. The molecule has 1 aliphatic heterocycles. The van der Waals surface area contributed by atoms with E-state index < -0.39 is 29.6 Å². The molecule has 0 bridgehead atoms. The van der Waals surface area contributed by atoms with Gasteiger partial charge in [0.25, 0.3) is 11.5 Å². The van der Waals surface area contributed by atoms with Crippen LogP contribution in [0.3, 0.4) is 0 Å². The number of nitrogens with one attached hydrogen (secondary N) is 2. The van der Waals surface area contributed by atoms with Crippen LogP contribution in [-0.4, -0.2) is 64.8 Å². The predicted molar refractivity (Wildman–Crippen MR) is 191 cm³/mol. The van der Waals surface area contributed by atoms with E-state index in [2.05, 4.69) is 47.5 Å². The van der Waals surface area contributed by atoms with E-state index in [1.165, 1.54) is 16.3 Å². The Bertz CT molecular complexity index is 2310. The molecular formula is C38H42N8O6. The van der Waals surface area contributed by atoms with E-state index in [4.69, 9.17) is 19.4 Å². The first-order chi connectivity index (χ1) is 24.9. The van der Waals surface area contributed by atoms with E-state index in [0.29, 0.717) is 23.4 Å². The molecule has 8 rings (SSSR count). The predicted octanol–water partition coefficient (Wildman–Crippen LogP) is 3.83. The van der Waals surface area contributed by atoms with Crippen molar-refractivity contribution in [2.24, 2.45) is 5.41 Å². The van der Waals surface area contributed by atoms with Gasteiger partial charge < -0.3 is 19.9 Å². The number of hydrogen-bond acceptors (Lipinski definition) is 10. The third kappa shape index (κ3) is 5.79. The standard InChI is InChI=1S/C38H42N8O6/c1-21-17-45(36(50)42-35(21)49)31-15-28(29(19-47)52-31)46-18-22(43-44-46)16-39-30(48)20-51-23-10-11-25-24(14-23)32-33(41-27-9-6-5-8-26(27)40-32)34-37(2,3)12-7-13-38(25,34)4/h5-6,8-11,14,17-18,28-29,31,34,47H,7,12-13,15-16,19-20H2,1-4H3,(H,39,48)(H,42,49,50)/t28-,29+,31+,34+,38+/m0/s1. The molecule has 0 unspecified atom stereocenters. The number of carbonyl (C=O) groups is 1. The van der Waals surface area contributed by atoms with Crippen LogP contribution in [0.25, 0.3) is 22.3 Å². The van der Waals surface area contributed by atoms with Crippen LogP contribution in [0, 0.1) is 12.3 Å². The van der Waals surface area contributed by atoms with Crippen molar-refractivity contribution in [2.75, 3.05) is 13.2 Å². The number of aromatic nitrogens is 7. The number of carbonyl (C=O) groups excluding carboxylic acids is 1. The van der Waals surface area contributed by atoms with Gasteiger partial charge in [-0.3, -0.25) is 19.1 Å². The summed E-state index contributed by atoms with van der Waals surface area (Å²) in [5, 5.41) is 21.2. The molecule has 1 saturated heterocycles. The van der Waals surface area contributed by atoms with Crippen LogP contribution in [-0.2, 0) is 21.5 Å². The number of hydrogen-bond donors (Lipinski definition) is 3. The molecule has 3 aromatic heterocycles. The highest BCUT2D eigenvalue weighted by Gasteiger charge is 2.53. The van der Waals surface area contributed by atoms with Crippen LogP contribution in [0.5, 0.6) is 5.75 Å². The molecule has 4 heterocycles. The van der Waals surface area contributed by atoms with Gasteiger partial charge in [-0.2, -0.15) is 0 Å². The second-order valence-corrected chi connectivity index (χ2v) is 15.2. The molecule has 5 aromatic rings. The Morgan fingerprint density at radius 1 is 1.10 bits per heavy atom. The van der Waals surface area contributed by atoms with Gasteiger partial charge in [0.05, 0.1) is 47.8 Å². The number of aromatic amines is 1. The fraction of sp³-hybridized carbons (Fsp3) is 0.447. The zero-order valence-corrected chi connectivity index (χ0v) is 29.6. The molecule has 3 aliphatic rings. The van der Waals surface area contributed by atoms with Crippen molar-refractivity contribution in [1.29, 1.82) is 0 Å². The number of aliphatic hydroxyl groups excluding tert-OH is 1. The van der Waals surface area contributed by atoms with Crippen LogP contribution in [0.1, 0.15) is 87.2 Å². The highest BCUT2D eigenvalue weighted by atomic mass is 16.5. The molecule has 5 atom stereocenters. The summed E-state index contributed by atoms with van der Waals surface area (Å²) in [6, 6.07) is 13.6. The monoisotopic (exact) mass is 706 g/mol. The maximum absolute atomic E-state index is 13.0. The lowest BCUT2D eigenvalue weighted by Crippen LogP contribution is -2.46. The van der Waals surface area contributed by atoms with Crippen molar-refractivity contribution in [1.82, 2.24) is 39.8 Å². The Balaban J connectivity index is 0.955. The van der Waals surface area contributed by atoms with Crippen molar-refractivity contribution in [2.45, 2.75) is 89.6 Å². The van der Waals surface area contributed by atoms with Crippen LogP contribution in [0.2, 0.25) is 0 Å². The number of para-hydroxylation sites is 2. The first-order valence-electron chi connectivity index (χ1n) is 17.8. The first-order valence-corrected chi connectivity index (χ1v) is 17.8. The average Bonchev–Trinajstić information content (AvgIpc) is 3.77. The lowest BCUT2D eigenvalue weighted by molar-refractivity contribution is -0.123. The van der Waals surface area contributed by atoms with Crippen molar-refractivity contribution >= 4 is 16.9 Å². The quantitative estimate of drug-likeness (QED) is 0.215. The summed E-state index contributed by atoms with van der Waals surface area (Å²) in [6.07, 6.45) is 5.37. The molecule has 1 saturated carbocycles. The summed E-state index contributed by atoms with van der Waals surface area (Å²) in [6.45, 7) is 8.26. The van der Waals surface area contributed by atoms with Gasteiger partial charge in [0.15, 0.2) is 6.61 Å². The molecule has 14 heteroatoms. The number of benzene rings is 2. The van der Waals surface area contributed by atoms with Crippen molar-refractivity contribution in [3.8, 4) is 17.0 Å². The van der Waals surface area contributed by atoms with E-state index >= 15 is 0 Å². The minimum Gasteiger partial charge on any atom is -0.484 e. The number of rotatable bonds is 8. The fourth-order valence-corrected chi connectivity index (χ4v) is 8.82. The van der Waals surface area contributed by atoms with Crippen molar-refractivity contribution in [3.63, 3.8) is 0 Å². The topological polar surface area (TPSA) is 179 Å². The number of aliphatic hydroxyl groups is 1. The minimum atomic E-state index is -0.711. The van der Waals surface area contributed by atoms with Crippen LogP contribution in [0.4, 0.5) is 0 Å². The minimum absolute atomic E-state index is 0.0494. The Morgan fingerprint density at radius 2 is 1.88 bits per heavy atom. The third-order valence-electron chi connectivity index (χ3n) is 11.2. The highest BCUT2D eigenvalue weighted by molar-refractivity contribution is 5.82. The van der Waals surface area contributed by atoms with Crippen LogP contribution >= 0.6 is 0 Å². The van der Waals surface area contributed by atoms with Gasteiger partial charge in [-0.05, 0) is 55.0 Å². The van der Waals surface area contributed by atoms with Crippen molar-refractivity contribution < 1.29 is 19.4 Å². The van der Waals surface area contributed by atoms with Gasteiger partial charge >= 0.3 is 5.69 Å². The number of amides is 1. The Kier molecular flexibility index (Phi) is 8.33. The number of nitrogens with zero attached hydrogens (tertiary/aromatic N) is 6. The molecule has 0 spiro atoms. The number of ether oxygens (including phenoxy) is 2. The Morgan fingerprint density at radius 3 is 2.67 bits per heavy atom. The SMILES string of the molecule is Cc1cn([C@H]2C[C@H](n3cc(CNC(=O)COc4ccc5c(c4)-c4nc6ccccc6nc4[C@@H]4C(C)(C)CCC[C@]54C)nn3)[C@@H](CO)O2)c(=O)[nH]c1=O. The van der Waals surface area contributed by atoms with E-state index in [1.54, 1.807) is 17.8 Å². The normalized spacial score (nSPS) is 24.6. The lowest BCUT2D eigenvalue weighted by atomic mass is 9.50. The Hall–Kier alpha value is -5.21. The van der Waals surface area contributed by atoms with Crippen LogP contribution in [0.15, 0.2) is 64.4 Å². The molecule has 52 heavy (non-hydrogen) atoms. The van der Waals surface area contributed by atoms with Crippen LogP contribution < -0.4 is 21.3 Å². The maximum atomic E-state index is 13.0. The molecule has 2 aromatic carbocycles. The van der Waals surface area contributed by atoms with Gasteiger partial charge in [0.1, 0.15) is 23.8 Å². The van der Waals surface area contributed by atoms with Gasteiger partial charge in [-0.15, -0.1) is 5.10 Å². The van der Waals surface area contributed by atoms with Gasteiger partial charge in [0.2, 0.25) is 0 Å². The molecule has 0 radical (unpaired) electrons.